The van der Waals surface area contributed by atoms with Gasteiger partial charge in [0.15, 0.2) is 5.71 Å². The lowest BCUT2D eigenvalue weighted by molar-refractivity contribution is -0.140. The standard InChI is InChI=1S/C14H22N2O7/c1-5-21-12(19)10-7-8(23-16-10)6-9(11(17)18)15-13(20)22-14(2,3)4/h8-9H,5-7H2,1-4H3,(H,15,20)(H,17,18)/t8-,9+/m1/s1. The van der Waals surface area contributed by atoms with Crippen molar-refractivity contribution in [2.24, 2.45) is 5.16 Å². The van der Waals surface area contributed by atoms with Crippen LogP contribution in [0.2, 0.25) is 0 Å². The van der Waals surface area contributed by atoms with Crippen molar-refractivity contribution in [1.82, 2.24) is 5.32 Å². The number of alkyl carbamates (subject to hydrolysis) is 1. The number of aliphatic carboxylic acids is 1. The van der Waals surface area contributed by atoms with Gasteiger partial charge in [0, 0.05) is 12.8 Å². The lowest BCUT2D eigenvalue weighted by Crippen LogP contribution is -2.45. The summed E-state index contributed by atoms with van der Waals surface area (Å²) in [5, 5.41) is 15.0. The Labute approximate surface area is 133 Å². The fourth-order valence-corrected chi connectivity index (χ4v) is 1.82. The predicted octanol–water partition coefficient (Wildman–Crippen LogP) is 1.06. The number of nitrogens with zero attached hydrogens (tertiary/aromatic N) is 1. The predicted molar refractivity (Wildman–Crippen MR) is 79.0 cm³/mol. The fourth-order valence-electron chi connectivity index (χ4n) is 1.82. The average molecular weight is 330 g/mol. The molecule has 130 valence electrons. The number of carboxylic acid groups (broad SMARTS) is 1. The molecule has 23 heavy (non-hydrogen) atoms. The Bertz CT molecular complexity index is 496. The molecular weight excluding hydrogens is 308 g/mol. The first kappa shape index (κ1) is 18.7. The molecule has 9 heteroatoms. The van der Waals surface area contributed by atoms with Gasteiger partial charge < -0.3 is 24.7 Å². The lowest BCUT2D eigenvalue weighted by atomic mass is 10.0. The summed E-state index contributed by atoms with van der Waals surface area (Å²) < 4.78 is 9.81. The second kappa shape index (κ2) is 7.80. The molecule has 1 amide bonds. The van der Waals surface area contributed by atoms with Crippen molar-refractivity contribution >= 4 is 23.7 Å². The van der Waals surface area contributed by atoms with Crippen LogP contribution >= 0.6 is 0 Å². The van der Waals surface area contributed by atoms with Gasteiger partial charge >= 0.3 is 18.0 Å². The maximum Gasteiger partial charge on any atom is 0.408 e. The van der Waals surface area contributed by atoms with Crippen molar-refractivity contribution in [1.29, 1.82) is 0 Å². The Balaban J connectivity index is 2.54. The largest absolute Gasteiger partial charge is 0.480 e. The summed E-state index contributed by atoms with van der Waals surface area (Å²) in [7, 11) is 0. The molecule has 0 aromatic rings. The average Bonchev–Trinajstić information content (AvgIpc) is 2.84. The molecule has 0 aromatic heterocycles. The number of hydrogen-bond acceptors (Lipinski definition) is 7. The van der Waals surface area contributed by atoms with E-state index in [1.54, 1.807) is 27.7 Å². The highest BCUT2D eigenvalue weighted by Crippen LogP contribution is 2.17. The van der Waals surface area contributed by atoms with E-state index in [2.05, 4.69) is 10.5 Å². The SMILES string of the molecule is CCOC(=O)C1=NO[C@H](C[C@H](NC(=O)OC(C)(C)C)C(=O)O)C1. The number of ether oxygens (including phenoxy) is 2. The minimum atomic E-state index is -1.23. The zero-order chi connectivity index (χ0) is 17.6. The van der Waals surface area contributed by atoms with Crippen molar-refractivity contribution in [3.8, 4) is 0 Å². The number of esters is 1. The third kappa shape index (κ3) is 6.54. The molecule has 0 saturated carbocycles. The summed E-state index contributed by atoms with van der Waals surface area (Å²) in [5.41, 5.74) is -0.643. The van der Waals surface area contributed by atoms with Crippen LogP contribution in [0.25, 0.3) is 0 Å². The second-order valence-corrected chi connectivity index (χ2v) is 5.96. The zero-order valence-corrected chi connectivity index (χ0v) is 13.6. The minimum Gasteiger partial charge on any atom is -0.480 e. The molecule has 1 aliphatic heterocycles. The molecule has 2 N–H and O–H groups in total. The van der Waals surface area contributed by atoms with E-state index in [-0.39, 0.29) is 25.2 Å². The van der Waals surface area contributed by atoms with Crippen molar-refractivity contribution < 1.29 is 33.8 Å². The highest BCUT2D eigenvalue weighted by Gasteiger charge is 2.33. The van der Waals surface area contributed by atoms with E-state index in [0.717, 1.165) is 0 Å². The zero-order valence-electron chi connectivity index (χ0n) is 13.6. The van der Waals surface area contributed by atoms with Crippen LogP contribution in [0.5, 0.6) is 0 Å². The first-order valence-corrected chi connectivity index (χ1v) is 7.24. The summed E-state index contributed by atoms with van der Waals surface area (Å²) in [4.78, 5) is 39.4. The molecule has 0 aliphatic carbocycles. The fraction of sp³-hybridized carbons (Fsp3) is 0.714. The Kier molecular flexibility index (Phi) is 6.35. The Morgan fingerprint density at radius 3 is 2.61 bits per heavy atom. The summed E-state index contributed by atoms with van der Waals surface area (Å²) in [6, 6.07) is -1.22. The minimum absolute atomic E-state index is 0.0546. The van der Waals surface area contributed by atoms with E-state index in [1.807, 2.05) is 0 Å². The molecule has 9 nitrogen and oxygen atoms in total. The molecule has 0 aromatic carbocycles. The van der Waals surface area contributed by atoms with Gasteiger partial charge in [-0.15, -0.1) is 0 Å². The first-order valence-electron chi connectivity index (χ1n) is 7.24. The van der Waals surface area contributed by atoms with Crippen LogP contribution < -0.4 is 5.32 Å². The molecule has 1 rings (SSSR count). The van der Waals surface area contributed by atoms with E-state index < -0.39 is 35.8 Å². The van der Waals surface area contributed by atoms with E-state index in [0.29, 0.717) is 0 Å². The Morgan fingerprint density at radius 1 is 1.43 bits per heavy atom. The van der Waals surface area contributed by atoms with Crippen LogP contribution in [-0.4, -0.2) is 53.2 Å². The number of carbonyl (C=O) groups excluding carboxylic acids is 2. The number of oxime groups is 1. The highest BCUT2D eigenvalue weighted by molar-refractivity contribution is 6.36. The van der Waals surface area contributed by atoms with E-state index >= 15 is 0 Å². The second-order valence-electron chi connectivity index (χ2n) is 5.96. The topological polar surface area (TPSA) is 124 Å². The Morgan fingerprint density at radius 2 is 2.09 bits per heavy atom. The first-order chi connectivity index (χ1) is 10.6. The smallest absolute Gasteiger partial charge is 0.408 e. The van der Waals surface area contributed by atoms with Crippen LogP contribution in [0.3, 0.4) is 0 Å². The molecule has 1 aliphatic rings. The lowest BCUT2D eigenvalue weighted by Gasteiger charge is -2.22. The van der Waals surface area contributed by atoms with Gasteiger partial charge in [-0.2, -0.15) is 0 Å². The molecule has 1 heterocycles. The van der Waals surface area contributed by atoms with Gasteiger partial charge in [-0.05, 0) is 27.7 Å². The number of nitrogens with one attached hydrogen (secondary N) is 1. The van der Waals surface area contributed by atoms with Crippen LogP contribution in [0, 0.1) is 0 Å². The number of carboxylic acids is 1. The van der Waals surface area contributed by atoms with Gasteiger partial charge in [0.2, 0.25) is 0 Å². The van der Waals surface area contributed by atoms with E-state index in [1.165, 1.54) is 0 Å². The molecular formula is C14H22N2O7. The van der Waals surface area contributed by atoms with Crippen LogP contribution in [0.1, 0.15) is 40.5 Å². The van der Waals surface area contributed by atoms with Gasteiger partial charge in [-0.25, -0.2) is 14.4 Å². The van der Waals surface area contributed by atoms with Gasteiger partial charge in [0.1, 0.15) is 17.7 Å². The van der Waals surface area contributed by atoms with Gasteiger partial charge in [0.25, 0.3) is 0 Å². The number of carbonyl (C=O) groups is 3. The maximum atomic E-state index is 11.7. The van der Waals surface area contributed by atoms with Crippen LogP contribution in [-0.2, 0) is 23.9 Å². The molecule has 0 bridgehead atoms. The molecule has 0 unspecified atom stereocenters. The molecule has 0 spiro atoms. The number of hydrogen-bond donors (Lipinski definition) is 2. The molecule has 0 fully saturated rings. The van der Waals surface area contributed by atoms with Crippen molar-refractivity contribution in [2.45, 2.75) is 58.3 Å². The Hall–Kier alpha value is -2.32. The summed E-state index contributed by atoms with van der Waals surface area (Å²) in [5.74, 6) is -1.83. The number of rotatable bonds is 6. The molecule has 0 radical (unpaired) electrons. The third-order valence-electron chi connectivity index (χ3n) is 2.73. The van der Waals surface area contributed by atoms with Gasteiger partial charge in [-0.1, -0.05) is 5.16 Å². The van der Waals surface area contributed by atoms with Crippen LogP contribution in [0.4, 0.5) is 4.79 Å². The third-order valence-corrected chi connectivity index (χ3v) is 2.73. The normalized spacial score (nSPS) is 18.4. The maximum absolute atomic E-state index is 11.7. The molecule has 2 atom stereocenters. The summed E-state index contributed by atoms with van der Waals surface area (Å²) >= 11 is 0. The monoisotopic (exact) mass is 330 g/mol. The summed E-state index contributed by atoms with van der Waals surface area (Å²) in [6.07, 6.45) is -1.40. The van der Waals surface area contributed by atoms with Crippen LogP contribution in [0.15, 0.2) is 5.16 Å². The van der Waals surface area contributed by atoms with Gasteiger partial charge in [0.05, 0.1) is 6.61 Å². The molecule has 0 saturated heterocycles. The quantitative estimate of drug-likeness (QED) is 0.698. The van der Waals surface area contributed by atoms with E-state index in [9.17, 15) is 19.5 Å². The van der Waals surface area contributed by atoms with Crippen molar-refractivity contribution in [3.05, 3.63) is 0 Å². The summed E-state index contributed by atoms with van der Waals surface area (Å²) in [6.45, 7) is 6.88. The van der Waals surface area contributed by atoms with Crippen molar-refractivity contribution in [2.75, 3.05) is 6.61 Å². The number of amides is 1. The van der Waals surface area contributed by atoms with Gasteiger partial charge in [-0.3, -0.25) is 0 Å². The van der Waals surface area contributed by atoms with E-state index in [4.69, 9.17) is 14.3 Å². The van der Waals surface area contributed by atoms with Crippen molar-refractivity contribution in [3.63, 3.8) is 0 Å². The highest BCUT2D eigenvalue weighted by atomic mass is 16.6.